The highest BCUT2D eigenvalue weighted by Crippen LogP contribution is 2.37. The number of hydrogen-bond acceptors (Lipinski definition) is 2. The SMILES string of the molecule is O=C1c2cccnc2CC2c3ccc(Cl)cc3CCN12. The molecule has 3 heterocycles. The lowest BCUT2D eigenvalue weighted by Gasteiger charge is -2.40. The van der Waals surface area contributed by atoms with Gasteiger partial charge in [-0.3, -0.25) is 9.78 Å². The third-order valence-electron chi connectivity index (χ3n) is 4.23. The van der Waals surface area contributed by atoms with E-state index in [9.17, 15) is 4.79 Å². The van der Waals surface area contributed by atoms with Gasteiger partial charge in [-0.05, 0) is 41.8 Å². The molecule has 4 heteroatoms. The molecule has 0 bridgehead atoms. The van der Waals surface area contributed by atoms with Crippen molar-refractivity contribution < 1.29 is 4.79 Å². The third-order valence-corrected chi connectivity index (χ3v) is 4.47. The first kappa shape index (κ1) is 11.9. The van der Waals surface area contributed by atoms with Crippen molar-refractivity contribution in [3.05, 3.63) is 63.9 Å². The van der Waals surface area contributed by atoms with Crippen LogP contribution in [0.5, 0.6) is 0 Å². The van der Waals surface area contributed by atoms with Crippen LogP contribution in [0.15, 0.2) is 36.5 Å². The second kappa shape index (κ2) is 4.32. The number of rotatable bonds is 0. The molecule has 3 nitrogen and oxygen atoms in total. The summed E-state index contributed by atoms with van der Waals surface area (Å²) in [7, 11) is 0. The van der Waals surface area contributed by atoms with Crippen LogP contribution in [-0.4, -0.2) is 22.3 Å². The molecule has 0 aliphatic carbocycles. The van der Waals surface area contributed by atoms with Crippen molar-refractivity contribution in [2.45, 2.75) is 18.9 Å². The van der Waals surface area contributed by atoms with Crippen molar-refractivity contribution in [1.82, 2.24) is 9.88 Å². The first-order valence-electron chi connectivity index (χ1n) is 6.77. The second-order valence-corrected chi connectivity index (χ2v) is 5.75. The van der Waals surface area contributed by atoms with Crippen LogP contribution in [0.2, 0.25) is 5.02 Å². The number of nitrogens with zero attached hydrogens (tertiary/aromatic N) is 2. The summed E-state index contributed by atoms with van der Waals surface area (Å²) in [5, 5.41) is 0.762. The Morgan fingerprint density at radius 3 is 3.10 bits per heavy atom. The molecule has 2 aliphatic rings. The zero-order valence-corrected chi connectivity index (χ0v) is 11.6. The minimum absolute atomic E-state index is 0.102. The molecule has 4 rings (SSSR count). The fourth-order valence-corrected chi connectivity index (χ4v) is 3.47. The molecule has 100 valence electrons. The van der Waals surface area contributed by atoms with Crippen molar-refractivity contribution in [3.63, 3.8) is 0 Å². The lowest BCUT2D eigenvalue weighted by atomic mass is 9.86. The average Bonchev–Trinajstić information content (AvgIpc) is 2.47. The highest BCUT2D eigenvalue weighted by Gasteiger charge is 2.37. The molecule has 2 aromatic rings. The number of carbonyl (C=O) groups excluding carboxylic acids is 1. The van der Waals surface area contributed by atoms with E-state index in [0.717, 1.165) is 35.7 Å². The van der Waals surface area contributed by atoms with Crippen LogP contribution in [0.1, 0.15) is 33.2 Å². The van der Waals surface area contributed by atoms with Gasteiger partial charge in [0.1, 0.15) is 0 Å². The van der Waals surface area contributed by atoms with E-state index in [1.807, 2.05) is 29.2 Å². The molecule has 1 aromatic heterocycles. The molecule has 0 saturated heterocycles. The summed E-state index contributed by atoms with van der Waals surface area (Å²) in [6.45, 7) is 0.755. The Morgan fingerprint density at radius 2 is 2.20 bits per heavy atom. The van der Waals surface area contributed by atoms with Gasteiger partial charge in [-0.25, -0.2) is 0 Å². The van der Waals surface area contributed by atoms with E-state index in [4.69, 9.17) is 11.6 Å². The largest absolute Gasteiger partial charge is 0.331 e. The highest BCUT2D eigenvalue weighted by atomic mass is 35.5. The molecule has 20 heavy (non-hydrogen) atoms. The Bertz CT molecular complexity index is 713. The summed E-state index contributed by atoms with van der Waals surface area (Å²) in [6, 6.07) is 9.78. The number of pyridine rings is 1. The topological polar surface area (TPSA) is 33.2 Å². The van der Waals surface area contributed by atoms with Gasteiger partial charge < -0.3 is 4.90 Å². The van der Waals surface area contributed by atoms with Crippen molar-refractivity contribution in [2.75, 3.05) is 6.54 Å². The van der Waals surface area contributed by atoms with E-state index in [0.29, 0.717) is 0 Å². The minimum atomic E-state index is 0.102. The monoisotopic (exact) mass is 284 g/mol. The predicted octanol–water partition coefficient (Wildman–Crippen LogP) is 3.03. The van der Waals surface area contributed by atoms with Crippen LogP contribution in [0.4, 0.5) is 0 Å². The highest BCUT2D eigenvalue weighted by molar-refractivity contribution is 6.30. The Hall–Kier alpha value is -1.87. The third kappa shape index (κ3) is 1.66. The van der Waals surface area contributed by atoms with Gasteiger partial charge in [-0.1, -0.05) is 17.7 Å². The van der Waals surface area contributed by atoms with Crippen LogP contribution < -0.4 is 0 Å². The molecule has 1 amide bonds. The van der Waals surface area contributed by atoms with Crippen molar-refractivity contribution in [3.8, 4) is 0 Å². The van der Waals surface area contributed by atoms with Crippen LogP contribution in [-0.2, 0) is 12.8 Å². The number of hydrogen-bond donors (Lipinski definition) is 0. The van der Waals surface area contributed by atoms with Crippen LogP contribution in [0.25, 0.3) is 0 Å². The maximum Gasteiger partial charge on any atom is 0.256 e. The molecule has 0 fully saturated rings. The number of carbonyl (C=O) groups is 1. The van der Waals surface area contributed by atoms with Gasteiger partial charge in [0, 0.05) is 24.2 Å². The van der Waals surface area contributed by atoms with E-state index in [2.05, 4.69) is 11.1 Å². The summed E-state index contributed by atoms with van der Waals surface area (Å²) >= 11 is 6.07. The first-order valence-corrected chi connectivity index (χ1v) is 7.15. The van der Waals surface area contributed by atoms with Gasteiger partial charge >= 0.3 is 0 Å². The molecule has 2 aliphatic heterocycles. The molecule has 1 aromatic carbocycles. The zero-order valence-electron chi connectivity index (χ0n) is 10.8. The summed E-state index contributed by atoms with van der Waals surface area (Å²) in [5.74, 6) is 0.102. The predicted molar refractivity (Wildman–Crippen MR) is 76.9 cm³/mol. The van der Waals surface area contributed by atoms with Gasteiger partial charge in [0.05, 0.1) is 17.3 Å². The van der Waals surface area contributed by atoms with E-state index in [1.165, 1.54) is 11.1 Å². The van der Waals surface area contributed by atoms with Crippen molar-refractivity contribution in [2.24, 2.45) is 0 Å². The molecule has 0 spiro atoms. The number of amides is 1. The van der Waals surface area contributed by atoms with Crippen LogP contribution in [0.3, 0.4) is 0 Å². The van der Waals surface area contributed by atoms with Gasteiger partial charge in [0.2, 0.25) is 0 Å². The Morgan fingerprint density at radius 1 is 1.30 bits per heavy atom. The molecule has 1 atom stereocenters. The lowest BCUT2D eigenvalue weighted by Crippen LogP contribution is -2.44. The van der Waals surface area contributed by atoms with Gasteiger partial charge in [-0.2, -0.15) is 0 Å². The number of aromatic nitrogens is 1. The molecular weight excluding hydrogens is 272 g/mol. The maximum atomic E-state index is 12.6. The zero-order chi connectivity index (χ0) is 13.7. The van der Waals surface area contributed by atoms with Crippen LogP contribution in [0, 0.1) is 0 Å². The summed E-state index contributed by atoms with van der Waals surface area (Å²) in [4.78, 5) is 18.9. The fraction of sp³-hybridized carbons (Fsp3) is 0.250. The van der Waals surface area contributed by atoms with E-state index >= 15 is 0 Å². The Balaban J connectivity index is 1.84. The second-order valence-electron chi connectivity index (χ2n) is 5.31. The van der Waals surface area contributed by atoms with E-state index < -0.39 is 0 Å². The Labute approximate surface area is 122 Å². The molecule has 0 saturated carbocycles. The fourth-order valence-electron chi connectivity index (χ4n) is 3.28. The smallest absolute Gasteiger partial charge is 0.256 e. The normalized spacial score (nSPS) is 20.1. The first-order chi connectivity index (χ1) is 9.74. The van der Waals surface area contributed by atoms with Gasteiger partial charge in [-0.15, -0.1) is 0 Å². The molecule has 0 N–H and O–H groups in total. The number of benzene rings is 1. The maximum absolute atomic E-state index is 12.6. The van der Waals surface area contributed by atoms with Gasteiger partial charge in [0.25, 0.3) is 5.91 Å². The minimum Gasteiger partial charge on any atom is -0.331 e. The molecular formula is C16H13ClN2O. The lowest BCUT2D eigenvalue weighted by molar-refractivity contribution is 0.0629. The number of fused-ring (bicyclic) bond motifs is 4. The Kier molecular flexibility index (Phi) is 2.57. The quantitative estimate of drug-likeness (QED) is 0.745. The number of halogens is 1. The van der Waals surface area contributed by atoms with E-state index in [1.54, 1.807) is 6.20 Å². The molecule has 0 radical (unpaired) electrons. The van der Waals surface area contributed by atoms with Crippen LogP contribution >= 0.6 is 11.6 Å². The standard InChI is InChI=1S/C16H13ClN2O/c17-11-3-4-12-10(8-11)5-7-19-15(12)9-14-13(16(19)20)2-1-6-18-14/h1-4,6,8,15H,5,7,9H2. The van der Waals surface area contributed by atoms with Gasteiger partial charge in [0.15, 0.2) is 0 Å². The summed E-state index contributed by atoms with van der Waals surface area (Å²) < 4.78 is 0. The van der Waals surface area contributed by atoms with Crippen molar-refractivity contribution in [1.29, 1.82) is 0 Å². The summed E-state index contributed by atoms with van der Waals surface area (Å²) in [6.07, 6.45) is 3.41. The van der Waals surface area contributed by atoms with E-state index in [-0.39, 0.29) is 11.9 Å². The van der Waals surface area contributed by atoms with Crippen molar-refractivity contribution >= 4 is 17.5 Å². The summed E-state index contributed by atoms with van der Waals surface area (Å²) in [5.41, 5.74) is 4.12. The average molecular weight is 285 g/mol. The molecule has 1 unspecified atom stereocenters.